The van der Waals surface area contributed by atoms with Crippen LogP contribution in [-0.4, -0.2) is 45.5 Å². The first-order valence-electron chi connectivity index (χ1n) is 12.8. The standard InChI is InChI=1S/C28H34ClN3O4.C2H6/c1-17-21(16-24(33)32(28(5,6)7)26(35)30-27(2,3)4)22-15-20(36-8)13-14-23(22)31(17)25(34)18-9-11-19(29)12-10-18;1-2/h9-15H,16H2,1-8H3,(H,30,35);1-2H3. The van der Waals surface area contributed by atoms with Gasteiger partial charge in [-0.1, -0.05) is 25.4 Å². The van der Waals surface area contributed by atoms with E-state index in [9.17, 15) is 14.4 Å². The van der Waals surface area contributed by atoms with Crippen molar-refractivity contribution in [3.05, 3.63) is 64.3 Å². The van der Waals surface area contributed by atoms with E-state index in [0.29, 0.717) is 38.5 Å². The molecule has 0 fully saturated rings. The molecule has 0 aliphatic heterocycles. The Balaban J connectivity index is 0.00000247. The van der Waals surface area contributed by atoms with Gasteiger partial charge in [-0.25, -0.2) is 4.79 Å². The maximum atomic E-state index is 13.6. The van der Waals surface area contributed by atoms with E-state index in [-0.39, 0.29) is 18.2 Å². The predicted molar refractivity (Wildman–Crippen MR) is 154 cm³/mol. The van der Waals surface area contributed by atoms with Crippen LogP contribution in [0.25, 0.3) is 10.9 Å². The first-order valence-corrected chi connectivity index (χ1v) is 13.1. The number of carbonyl (C=O) groups is 3. The van der Waals surface area contributed by atoms with Gasteiger partial charge in [-0.2, -0.15) is 0 Å². The van der Waals surface area contributed by atoms with Crippen LogP contribution in [0.4, 0.5) is 4.79 Å². The normalized spacial score (nSPS) is 11.4. The number of ether oxygens (including phenoxy) is 1. The molecule has 1 aromatic heterocycles. The van der Waals surface area contributed by atoms with Gasteiger partial charge < -0.3 is 10.1 Å². The first-order chi connectivity index (χ1) is 17.6. The van der Waals surface area contributed by atoms with E-state index >= 15 is 0 Å². The van der Waals surface area contributed by atoms with E-state index in [1.807, 2.05) is 61.5 Å². The summed E-state index contributed by atoms with van der Waals surface area (Å²) in [6.07, 6.45) is -0.0643. The Hall–Kier alpha value is -3.32. The minimum atomic E-state index is -0.754. The zero-order valence-corrected chi connectivity index (χ0v) is 24.9. The van der Waals surface area contributed by atoms with Crippen molar-refractivity contribution < 1.29 is 19.1 Å². The maximum Gasteiger partial charge on any atom is 0.324 e. The summed E-state index contributed by atoms with van der Waals surface area (Å²) in [5.74, 6) is -0.00482. The summed E-state index contributed by atoms with van der Waals surface area (Å²) < 4.78 is 7.01. The molecule has 7 nitrogen and oxygen atoms in total. The van der Waals surface area contributed by atoms with E-state index in [1.54, 1.807) is 55.0 Å². The number of amides is 3. The van der Waals surface area contributed by atoms with Gasteiger partial charge in [0.05, 0.1) is 19.0 Å². The highest BCUT2D eigenvalue weighted by Gasteiger charge is 2.35. The van der Waals surface area contributed by atoms with E-state index < -0.39 is 17.1 Å². The lowest BCUT2D eigenvalue weighted by atomic mass is 10.0. The lowest BCUT2D eigenvalue weighted by Gasteiger charge is -2.36. The number of hydrogen-bond acceptors (Lipinski definition) is 4. The van der Waals surface area contributed by atoms with E-state index in [4.69, 9.17) is 16.3 Å². The van der Waals surface area contributed by atoms with Crippen LogP contribution in [0.1, 0.15) is 77.0 Å². The molecule has 0 atom stereocenters. The van der Waals surface area contributed by atoms with Gasteiger partial charge in [-0.3, -0.25) is 19.1 Å². The number of aromatic nitrogens is 1. The van der Waals surface area contributed by atoms with Gasteiger partial charge in [-0.15, -0.1) is 0 Å². The molecule has 3 rings (SSSR count). The highest BCUT2D eigenvalue weighted by atomic mass is 35.5. The number of methoxy groups -OCH3 is 1. The molecule has 3 aromatic rings. The van der Waals surface area contributed by atoms with Crippen LogP contribution in [0.5, 0.6) is 5.75 Å². The molecule has 0 saturated carbocycles. The molecule has 0 unspecified atom stereocenters. The average Bonchev–Trinajstić information content (AvgIpc) is 3.08. The summed E-state index contributed by atoms with van der Waals surface area (Å²) in [6.45, 7) is 16.8. The van der Waals surface area contributed by atoms with Crippen molar-refractivity contribution in [2.45, 2.75) is 79.8 Å². The Bertz CT molecular complexity index is 1310. The lowest BCUT2D eigenvalue weighted by molar-refractivity contribution is -0.131. The van der Waals surface area contributed by atoms with Crippen LogP contribution in [0.3, 0.4) is 0 Å². The lowest BCUT2D eigenvalue weighted by Crippen LogP contribution is -2.57. The smallest absolute Gasteiger partial charge is 0.324 e. The Kier molecular flexibility index (Phi) is 9.78. The monoisotopic (exact) mass is 541 g/mol. The molecule has 206 valence electrons. The largest absolute Gasteiger partial charge is 0.497 e. The summed E-state index contributed by atoms with van der Waals surface area (Å²) in [5, 5.41) is 4.14. The molecule has 0 spiro atoms. The average molecular weight is 542 g/mol. The summed E-state index contributed by atoms with van der Waals surface area (Å²) in [7, 11) is 1.56. The number of hydrogen-bond donors (Lipinski definition) is 1. The minimum absolute atomic E-state index is 0.0643. The van der Waals surface area contributed by atoms with Crippen molar-refractivity contribution >= 4 is 40.3 Å². The van der Waals surface area contributed by atoms with Crippen molar-refractivity contribution in [1.29, 1.82) is 0 Å². The highest BCUT2D eigenvalue weighted by Crippen LogP contribution is 2.32. The van der Waals surface area contributed by atoms with Crippen LogP contribution in [-0.2, 0) is 11.2 Å². The molecule has 0 radical (unpaired) electrons. The Morgan fingerprint density at radius 2 is 1.55 bits per heavy atom. The molecule has 3 amide bonds. The molecule has 8 heteroatoms. The first kappa shape index (κ1) is 30.9. The zero-order valence-electron chi connectivity index (χ0n) is 24.2. The molecular formula is C30H40ClN3O4. The fourth-order valence-electron chi connectivity index (χ4n) is 4.19. The zero-order chi connectivity index (χ0) is 29.0. The van der Waals surface area contributed by atoms with Crippen molar-refractivity contribution in [3.8, 4) is 5.75 Å². The van der Waals surface area contributed by atoms with Crippen molar-refractivity contribution in [3.63, 3.8) is 0 Å². The summed E-state index contributed by atoms with van der Waals surface area (Å²) in [6, 6.07) is 11.6. The SMILES string of the molecule is CC.COc1ccc2c(c1)c(CC(=O)N(C(=O)NC(C)(C)C)C(C)(C)C)c(C)n2C(=O)c1ccc(Cl)cc1. The van der Waals surface area contributed by atoms with Crippen molar-refractivity contribution in [2.24, 2.45) is 0 Å². The third-order valence-electron chi connectivity index (χ3n) is 5.77. The van der Waals surface area contributed by atoms with Gasteiger partial charge in [0.15, 0.2) is 0 Å². The van der Waals surface area contributed by atoms with E-state index in [0.717, 1.165) is 0 Å². The molecule has 1 heterocycles. The van der Waals surface area contributed by atoms with Crippen LogP contribution in [0.15, 0.2) is 42.5 Å². The second-order valence-corrected chi connectivity index (χ2v) is 11.3. The molecule has 2 aromatic carbocycles. The number of benzene rings is 2. The molecule has 0 bridgehead atoms. The van der Waals surface area contributed by atoms with Gasteiger partial charge in [0.2, 0.25) is 5.91 Å². The fraction of sp³-hybridized carbons (Fsp3) is 0.433. The van der Waals surface area contributed by atoms with Crippen LogP contribution < -0.4 is 10.1 Å². The minimum Gasteiger partial charge on any atom is -0.497 e. The van der Waals surface area contributed by atoms with Crippen LogP contribution >= 0.6 is 11.6 Å². The van der Waals surface area contributed by atoms with Gasteiger partial charge in [0.25, 0.3) is 5.91 Å². The number of urea groups is 1. The number of carbonyl (C=O) groups excluding carboxylic acids is 3. The number of imide groups is 1. The molecular weight excluding hydrogens is 502 g/mol. The van der Waals surface area contributed by atoms with Crippen molar-refractivity contribution in [1.82, 2.24) is 14.8 Å². The topological polar surface area (TPSA) is 80.6 Å². The second kappa shape index (κ2) is 12.0. The highest BCUT2D eigenvalue weighted by molar-refractivity contribution is 6.30. The molecule has 0 aliphatic rings. The third-order valence-corrected chi connectivity index (χ3v) is 6.02. The molecule has 0 saturated heterocycles. The summed E-state index contributed by atoms with van der Waals surface area (Å²) in [5.41, 5.74) is 1.14. The van der Waals surface area contributed by atoms with E-state index in [2.05, 4.69) is 5.32 Å². The second-order valence-electron chi connectivity index (χ2n) is 10.9. The number of rotatable bonds is 4. The third kappa shape index (κ3) is 6.95. The predicted octanol–water partition coefficient (Wildman–Crippen LogP) is 7.00. The number of halogens is 1. The van der Waals surface area contributed by atoms with Gasteiger partial charge in [0, 0.05) is 32.7 Å². The molecule has 38 heavy (non-hydrogen) atoms. The number of fused-ring (bicyclic) bond motifs is 1. The number of nitrogens with one attached hydrogen (secondary N) is 1. The fourth-order valence-corrected chi connectivity index (χ4v) is 4.32. The van der Waals surface area contributed by atoms with Gasteiger partial charge >= 0.3 is 6.03 Å². The van der Waals surface area contributed by atoms with Crippen LogP contribution in [0, 0.1) is 6.92 Å². The van der Waals surface area contributed by atoms with Crippen molar-refractivity contribution in [2.75, 3.05) is 7.11 Å². The quantitative estimate of drug-likeness (QED) is 0.385. The Morgan fingerprint density at radius 3 is 2.05 bits per heavy atom. The summed E-state index contributed by atoms with van der Waals surface area (Å²) in [4.78, 5) is 41.5. The van der Waals surface area contributed by atoms with Gasteiger partial charge in [0.1, 0.15) is 5.75 Å². The molecule has 0 aliphatic carbocycles. The summed E-state index contributed by atoms with van der Waals surface area (Å²) >= 11 is 6.01. The Morgan fingerprint density at radius 1 is 0.974 bits per heavy atom. The van der Waals surface area contributed by atoms with E-state index in [1.165, 1.54) is 4.90 Å². The Labute approximate surface area is 231 Å². The molecule has 1 N–H and O–H groups in total. The van der Waals surface area contributed by atoms with Gasteiger partial charge in [-0.05, 0) is 96.5 Å². The van der Waals surface area contributed by atoms with Crippen LogP contribution in [0.2, 0.25) is 5.02 Å². The maximum absolute atomic E-state index is 13.6. The number of nitrogens with zero attached hydrogens (tertiary/aromatic N) is 2.